The van der Waals surface area contributed by atoms with Gasteiger partial charge in [-0.25, -0.2) is 0 Å². The van der Waals surface area contributed by atoms with Gasteiger partial charge in [0.15, 0.2) is 0 Å². The van der Waals surface area contributed by atoms with Crippen molar-refractivity contribution < 1.29 is 9.59 Å². The summed E-state index contributed by atoms with van der Waals surface area (Å²) in [6, 6.07) is 23.5. The summed E-state index contributed by atoms with van der Waals surface area (Å²) in [5, 5.41) is 2.97. The van der Waals surface area contributed by atoms with Crippen LogP contribution in [0.25, 0.3) is 0 Å². The normalized spacial score (nSPS) is 16.0. The summed E-state index contributed by atoms with van der Waals surface area (Å²) in [4.78, 5) is 27.7. The van der Waals surface area contributed by atoms with E-state index in [0.29, 0.717) is 0 Å². The third-order valence-electron chi connectivity index (χ3n) is 5.27. The van der Waals surface area contributed by atoms with Crippen LogP contribution in [-0.2, 0) is 16.0 Å². The van der Waals surface area contributed by atoms with E-state index in [1.165, 1.54) is 0 Å². The van der Waals surface area contributed by atoms with E-state index in [1.807, 2.05) is 80.6 Å². The molecule has 0 spiro atoms. The lowest BCUT2D eigenvalue weighted by Gasteiger charge is -2.31. The Hall–Kier alpha value is -3.40. The Balaban J connectivity index is 1.79. The molecule has 1 unspecified atom stereocenters. The first-order valence-electron chi connectivity index (χ1n) is 9.81. The minimum Gasteiger partial charge on any atom is -0.324 e. The molecule has 0 fully saturated rings. The van der Waals surface area contributed by atoms with Crippen LogP contribution in [0.4, 0.5) is 5.69 Å². The lowest BCUT2D eigenvalue weighted by molar-refractivity contribution is -0.135. The van der Waals surface area contributed by atoms with E-state index < -0.39 is 0 Å². The lowest BCUT2D eigenvalue weighted by atomic mass is 9.94. The Labute approximate surface area is 171 Å². The highest BCUT2D eigenvalue weighted by Crippen LogP contribution is 2.36. The van der Waals surface area contributed by atoms with E-state index >= 15 is 0 Å². The number of aryl methyl sites for hydroxylation is 2. The number of anilines is 1. The molecule has 0 saturated heterocycles. The van der Waals surface area contributed by atoms with E-state index in [9.17, 15) is 9.59 Å². The first kappa shape index (κ1) is 18.9. The van der Waals surface area contributed by atoms with Crippen molar-refractivity contribution in [3.63, 3.8) is 0 Å². The maximum absolute atomic E-state index is 13.4. The summed E-state index contributed by atoms with van der Waals surface area (Å²) in [5.74, 6) is -0.236. The van der Waals surface area contributed by atoms with Crippen LogP contribution in [0, 0.1) is 13.8 Å². The molecule has 4 nitrogen and oxygen atoms in total. The van der Waals surface area contributed by atoms with Crippen LogP contribution >= 0.6 is 0 Å². The van der Waals surface area contributed by atoms with E-state index in [-0.39, 0.29) is 30.8 Å². The molecule has 29 heavy (non-hydrogen) atoms. The smallest absolute Gasteiger partial charge is 0.244 e. The molecule has 4 heteroatoms. The minimum absolute atomic E-state index is 0.0257. The maximum atomic E-state index is 13.4. The topological polar surface area (TPSA) is 49.4 Å². The summed E-state index contributed by atoms with van der Waals surface area (Å²) < 4.78 is 0. The summed E-state index contributed by atoms with van der Waals surface area (Å²) >= 11 is 0. The summed E-state index contributed by atoms with van der Waals surface area (Å²) in [6.45, 7) is 4.06. The van der Waals surface area contributed by atoms with Gasteiger partial charge in [-0.3, -0.25) is 9.59 Å². The maximum Gasteiger partial charge on any atom is 0.244 e. The predicted octanol–water partition coefficient (Wildman–Crippen LogP) is 4.42. The summed E-state index contributed by atoms with van der Waals surface area (Å²) in [7, 11) is 0. The fourth-order valence-electron chi connectivity index (χ4n) is 3.95. The van der Waals surface area contributed by atoms with Crippen LogP contribution in [0.2, 0.25) is 0 Å². The van der Waals surface area contributed by atoms with Gasteiger partial charge in [0, 0.05) is 11.3 Å². The average Bonchev–Trinajstić information content (AvgIpc) is 2.84. The number of hydrogen-bond acceptors (Lipinski definition) is 2. The van der Waals surface area contributed by atoms with Gasteiger partial charge in [-0.1, -0.05) is 77.9 Å². The Bertz CT molecular complexity index is 1060. The fraction of sp³-hybridized carbons (Fsp3) is 0.200. The summed E-state index contributed by atoms with van der Waals surface area (Å²) in [5.41, 5.74) is 5.86. The Morgan fingerprint density at radius 3 is 2.48 bits per heavy atom. The number of benzene rings is 3. The van der Waals surface area contributed by atoms with Gasteiger partial charge in [-0.2, -0.15) is 0 Å². The first-order valence-corrected chi connectivity index (χ1v) is 9.81. The molecule has 0 radical (unpaired) electrons. The zero-order valence-corrected chi connectivity index (χ0v) is 16.7. The van der Waals surface area contributed by atoms with E-state index in [2.05, 4.69) is 11.4 Å². The molecule has 146 valence electrons. The monoisotopic (exact) mass is 384 g/mol. The molecule has 1 heterocycles. The first-order chi connectivity index (χ1) is 14.0. The second kappa shape index (κ2) is 7.92. The average molecular weight is 384 g/mol. The van der Waals surface area contributed by atoms with E-state index in [0.717, 1.165) is 33.5 Å². The third-order valence-corrected chi connectivity index (χ3v) is 5.27. The van der Waals surface area contributed by atoms with Crippen molar-refractivity contribution in [1.29, 1.82) is 0 Å². The fourth-order valence-corrected chi connectivity index (χ4v) is 3.95. The van der Waals surface area contributed by atoms with E-state index in [4.69, 9.17) is 0 Å². The van der Waals surface area contributed by atoms with Crippen molar-refractivity contribution in [3.8, 4) is 0 Å². The van der Waals surface area contributed by atoms with Crippen molar-refractivity contribution in [2.45, 2.75) is 26.3 Å². The molecule has 0 aromatic heterocycles. The highest BCUT2D eigenvalue weighted by Gasteiger charge is 2.33. The number of nitrogens with one attached hydrogen (secondary N) is 1. The zero-order valence-electron chi connectivity index (χ0n) is 16.7. The number of amides is 2. The number of fused-ring (bicyclic) bond motifs is 1. The van der Waals surface area contributed by atoms with Crippen LogP contribution in [0.15, 0.2) is 72.8 Å². The van der Waals surface area contributed by atoms with Gasteiger partial charge in [0.25, 0.3) is 0 Å². The molecule has 1 aliphatic rings. The van der Waals surface area contributed by atoms with Crippen molar-refractivity contribution in [1.82, 2.24) is 4.90 Å². The molecule has 3 aromatic carbocycles. The van der Waals surface area contributed by atoms with Crippen molar-refractivity contribution in [3.05, 3.63) is 101 Å². The summed E-state index contributed by atoms with van der Waals surface area (Å²) in [6.07, 6.45) is 0.263. The van der Waals surface area contributed by atoms with Gasteiger partial charge in [-0.05, 0) is 31.0 Å². The van der Waals surface area contributed by atoms with Crippen LogP contribution in [0.1, 0.15) is 33.9 Å². The molecule has 0 bridgehead atoms. The van der Waals surface area contributed by atoms with Crippen LogP contribution in [0.3, 0.4) is 0 Å². The molecular formula is C25H24N2O2. The SMILES string of the molecule is Cc1cccc(CC(=O)N2CC(=O)Nc3ccc(C)cc3C2c2ccccc2)c1. The highest BCUT2D eigenvalue weighted by molar-refractivity contribution is 5.97. The van der Waals surface area contributed by atoms with Gasteiger partial charge in [0.2, 0.25) is 11.8 Å². The van der Waals surface area contributed by atoms with Gasteiger partial charge >= 0.3 is 0 Å². The Morgan fingerprint density at radius 2 is 1.72 bits per heavy atom. The van der Waals surface area contributed by atoms with Gasteiger partial charge < -0.3 is 10.2 Å². The second-order valence-corrected chi connectivity index (χ2v) is 7.64. The molecule has 4 rings (SSSR count). The predicted molar refractivity (Wildman–Crippen MR) is 115 cm³/mol. The van der Waals surface area contributed by atoms with Gasteiger partial charge in [0.1, 0.15) is 6.54 Å². The molecule has 1 N–H and O–H groups in total. The molecule has 1 aliphatic heterocycles. The number of hydrogen-bond donors (Lipinski definition) is 1. The van der Waals surface area contributed by atoms with Crippen molar-refractivity contribution in [2.75, 3.05) is 11.9 Å². The van der Waals surface area contributed by atoms with Crippen LogP contribution < -0.4 is 5.32 Å². The standard InChI is InChI=1S/C25H24N2O2/c1-17-7-6-8-19(13-17)15-24(29)27-16-23(28)26-22-12-11-18(2)14-21(22)25(27)20-9-4-3-5-10-20/h3-14,25H,15-16H2,1-2H3,(H,26,28). The minimum atomic E-state index is -0.317. The van der Waals surface area contributed by atoms with Crippen molar-refractivity contribution >= 4 is 17.5 Å². The Morgan fingerprint density at radius 1 is 0.966 bits per heavy atom. The van der Waals surface area contributed by atoms with E-state index in [1.54, 1.807) is 4.90 Å². The van der Waals surface area contributed by atoms with Gasteiger partial charge in [-0.15, -0.1) is 0 Å². The molecule has 3 aromatic rings. The van der Waals surface area contributed by atoms with Gasteiger partial charge in [0.05, 0.1) is 12.5 Å². The van der Waals surface area contributed by atoms with Crippen LogP contribution in [-0.4, -0.2) is 23.3 Å². The molecule has 0 saturated carbocycles. The number of nitrogens with zero attached hydrogens (tertiary/aromatic N) is 1. The zero-order chi connectivity index (χ0) is 20.4. The number of rotatable bonds is 3. The largest absolute Gasteiger partial charge is 0.324 e. The Kier molecular flexibility index (Phi) is 5.17. The third kappa shape index (κ3) is 4.06. The lowest BCUT2D eigenvalue weighted by Crippen LogP contribution is -2.39. The van der Waals surface area contributed by atoms with Crippen molar-refractivity contribution in [2.24, 2.45) is 0 Å². The quantitative estimate of drug-likeness (QED) is 0.727. The molecule has 0 aliphatic carbocycles. The molecule has 1 atom stereocenters. The van der Waals surface area contributed by atoms with Crippen LogP contribution in [0.5, 0.6) is 0 Å². The number of carbonyl (C=O) groups is 2. The highest BCUT2D eigenvalue weighted by atomic mass is 16.2. The molecule has 2 amide bonds. The molecular weight excluding hydrogens is 360 g/mol. The second-order valence-electron chi connectivity index (χ2n) is 7.64. The number of carbonyl (C=O) groups excluding carboxylic acids is 2.